The molecule has 0 bridgehead atoms. The summed E-state index contributed by atoms with van der Waals surface area (Å²) in [6.07, 6.45) is 1.37. The largest absolute Gasteiger partial charge is 0.494 e. The lowest BCUT2D eigenvalue weighted by Crippen LogP contribution is -2.41. The second-order valence-electron chi connectivity index (χ2n) is 8.26. The minimum absolute atomic E-state index is 0.0137. The normalized spacial score (nSPS) is 17.1. The lowest BCUT2D eigenvalue weighted by Gasteiger charge is -2.28. The van der Waals surface area contributed by atoms with Gasteiger partial charge in [-0.3, -0.25) is 4.79 Å². The van der Waals surface area contributed by atoms with Crippen LogP contribution in [0.2, 0.25) is 0 Å². The fourth-order valence-corrected chi connectivity index (χ4v) is 6.64. The number of hydrogen-bond acceptors (Lipinski definition) is 6. The van der Waals surface area contributed by atoms with Gasteiger partial charge in [0.2, 0.25) is 0 Å². The smallest absolute Gasteiger partial charge is 0.274 e. The number of ether oxygens (including phenoxy) is 1. The highest BCUT2D eigenvalue weighted by atomic mass is 32.2. The number of aryl methyl sites for hydroxylation is 1. The Morgan fingerprint density at radius 2 is 1.88 bits per heavy atom. The van der Waals surface area contributed by atoms with E-state index in [-0.39, 0.29) is 23.5 Å². The van der Waals surface area contributed by atoms with Gasteiger partial charge in [-0.1, -0.05) is 49.4 Å². The van der Waals surface area contributed by atoms with Crippen molar-refractivity contribution in [2.75, 3.05) is 18.1 Å². The van der Waals surface area contributed by atoms with Crippen LogP contribution >= 0.6 is 11.3 Å². The van der Waals surface area contributed by atoms with E-state index in [1.807, 2.05) is 61.5 Å². The van der Waals surface area contributed by atoms with Gasteiger partial charge in [0.1, 0.15) is 11.4 Å². The topological polar surface area (TPSA) is 76.6 Å². The Morgan fingerprint density at radius 1 is 1.15 bits per heavy atom. The Hall–Kier alpha value is -2.71. The number of amides is 1. The molecule has 33 heavy (non-hydrogen) atoms. The molecule has 1 aromatic heterocycles. The van der Waals surface area contributed by atoms with Crippen molar-refractivity contribution in [2.24, 2.45) is 0 Å². The molecular formula is C25H28N2O4S2. The van der Waals surface area contributed by atoms with Crippen molar-refractivity contribution in [3.63, 3.8) is 0 Å². The number of hydrogen-bond donors (Lipinski definition) is 0. The Labute approximate surface area is 199 Å². The number of thiazole rings is 1. The molecule has 8 heteroatoms. The third-order valence-corrected chi connectivity index (χ3v) is 8.40. The van der Waals surface area contributed by atoms with E-state index in [2.05, 4.69) is 11.9 Å². The predicted molar refractivity (Wildman–Crippen MR) is 131 cm³/mol. The number of sulfone groups is 1. The number of carbonyl (C=O) groups excluding carboxylic acids is 1. The summed E-state index contributed by atoms with van der Waals surface area (Å²) in [4.78, 5) is 20.9. The molecule has 1 fully saturated rings. The third-order valence-electron chi connectivity index (χ3n) is 5.63. The van der Waals surface area contributed by atoms with Gasteiger partial charge in [-0.25, -0.2) is 13.4 Å². The number of aromatic nitrogens is 1. The molecule has 0 spiro atoms. The van der Waals surface area contributed by atoms with Crippen molar-refractivity contribution >= 4 is 27.1 Å². The van der Waals surface area contributed by atoms with Gasteiger partial charge in [0, 0.05) is 12.6 Å². The van der Waals surface area contributed by atoms with Gasteiger partial charge in [0.05, 0.1) is 28.0 Å². The van der Waals surface area contributed by atoms with Gasteiger partial charge >= 0.3 is 0 Å². The van der Waals surface area contributed by atoms with E-state index < -0.39 is 9.84 Å². The van der Waals surface area contributed by atoms with Crippen molar-refractivity contribution in [1.29, 1.82) is 0 Å². The molecule has 174 valence electrons. The first-order valence-electron chi connectivity index (χ1n) is 11.1. The van der Waals surface area contributed by atoms with Crippen molar-refractivity contribution in [3.8, 4) is 16.2 Å². The van der Waals surface area contributed by atoms with Gasteiger partial charge < -0.3 is 9.64 Å². The highest BCUT2D eigenvalue weighted by Crippen LogP contribution is 2.32. The molecule has 1 aliphatic rings. The highest BCUT2D eigenvalue weighted by molar-refractivity contribution is 7.91. The second-order valence-corrected chi connectivity index (χ2v) is 11.7. The third kappa shape index (κ3) is 5.62. The summed E-state index contributed by atoms with van der Waals surface area (Å²) in [5.41, 5.74) is 2.24. The van der Waals surface area contributed by atoms with Crippen LogP contribution in [0.3, 0.4) is 0 Å². The van der Waals surface area contributed by atoms with Crippen LogP contribution in [0.15, 0.2) is 54.6 Å². The summed E-state index contributed by atoms with van der Waals surface area (Å²) >= 11 is 1.48. The van der Waals surface area contributed by atoms with Gasteiger partial charge in [0.25, 0.3) is 5.91 Å². The maximum Gasteiger partial charge on any atom is 0.274 e. The SMILES string of the molecule is CCCOc1ccc(CN(C(=O)c2nc(C)sc2-c2ccccc2)C2CCS(=O)(=O)C2)cc1. The summed E-state index contributed by atoms with van der Waals surface area (Å²) in [6, 6.07) is 17.0. The van der Waals surface area contributed by atoms with Crippen LogP contribution in [0, 0.1) is 6.92 Å². The predicted octanol–water partition coefficient (Wildman–Crippen LogP) is 4.74. The molecule has 0 aliphatic carbocycles. The van der Waals surface area contributed by atoms with Crippen LogP contribution in [0.1, 0.15) is 40.8 Å². The summed E-state index contributed by atoms with van der Waals surface area (Å²) in [5.74, 6) is 0.641. The van der Waals surface area contributed by atoms with Crippen molar-refractivity contribution in [2.45, 2.75) is 39.3 Å². The molecule has 2 aromatic carbocycles. The molecule has 1 saturated heterocycles. The van der Waals surface area contributed by atoms with Gasteiger partial charge in [-0.2, -0.15) is 0 Å². The van der Waals surface area contributed by atoms with E-state index in [0.717, 1.165) is 33.2 Å². The second kappa shape index (κ2) is 10.1. The molecule has 0 N–H and O–H groups in total. The van der Waals surface area contributed by atoms with Gasteiger partial charge in [0.15, 0.2) is 9.84 Å². The molecule has 3 aromatic rings. The molecule has 0 radical (unpaired) electrons. The summed E-state index contributed by atoms with van der Waals surface area (Å²) in [6.45, 7) is 4.90. The first kappa shape index (κ1) is 23.4. The Balaban J connectivity index is 1.65. The standard InChI is InChI=1S/C25H28N2O4S2/c1-3-14-31-22-11-9-19(10-12-22)16-27(21-13-15-33(29,30)17-21)25(28)23-24(32-18(2)26-23)20-7-5-4-6-8-20/h4-12,21H,3,13-17H2,1-2H3. The molecule has 1 aliphatic heterocycles. The molecule has 1 atom stereocenters. The summed E-state index contributed by atoms with van der Waals surface area (Å²) in [5, 5.41) is 0.800. The number of benzene rings is 2. The number of rotatable bonds is 8. The maximum absolute atomic E-state index is 13.8. The fourth-order valence-electron chi connectivity index (χ4n) is 3.99. The summed E-state index contributed by atoms with van der Waals surface area (Å²) in [7, 11) is -3.15. The zero-order valence-corrected chi connectivity index (χ0v) is 20.5. The molecule has 6 nitrogen and oxygen atoms in total. The van der Waals surface area contributed by atoms with Crippen LogP contribution < -0.4 is 4.74 Å². The molecular weight excluding hydrogens is 456 g/mol. The van der Waals surface area contributed by atoms with E-state index in [9.17, 15) is 13.2 Å². The Bertz CT molecular complexity index is 1200. The van der Waals surface area contributed by atoms with Crippen LogP contribution in [-0.4, -0.2) is 48.4 Å². The average Bonchev–Trinajstić information content (AvgIpc) is 3.38. The van der Waals surface area contributed by atoms with E-state index in [0.29, 0.717) is 25.3 Å². The fraction of sp³-hybridized carbons (Fsp3) is 0.360. The zero-order valence-electron chi connectivity index (χ0n) is 18.9. The highest BCUT2D eigenvalue weighted by Gasteiger charge is 2.36. The Morgan fingerprint density at radius 3 is 2.52 bits per heavy atom. The Kier molecular flexibility index (Phi) is 7.14. The maximum atomic E-state index is 13.8. The van der Waals surface area contributed by atoms with Crippen molar-refractivity contribution < 1.29 is 17.9 Å². The van der Waals surface area contributed by atoms with E-state index >= 15 is 0 Å². The van der Waals surface area contributed by atoms with Gasteiger partial charge in [-0.15, -0.1) is 11.3 Å². The van der Waals surface area contributed by atoms with E-state index in [1.54, 1.807) is 4.90 Å². The van der Waals surface area contributed by atoms with Crippen molar-refractivity contribution in [1.82, 2.24) is 9.88 Å². The van der Waals surface area contributed by atoms with Crippen LogP contribution in [0.5, 0.6) is 5.75 Å². The lowest BCUT2D eigenvalue weighted by molar-refractivity contribution is 0.0676. The minimum atomic E-state index is -3.15. The number of carbonyl (C=O) groups is 1. The lowest BCUT2D eigenvalue weighted by atomic mass is 10.1. The van der Waals surface area contributed by atoms with E-state index in [1.165, 1.54) is 11.3 Å². The molecule has 1 amide bonds. The average molecular weight is 485 g/mol. The van der Waals surface area contributed by atoms with E-state index in [4.69, 9.17) is 4.74 Å². The number of nitrogens with zero attached hydrogens (tertiary/aromatic N) is 2. The van der Waals surface area contributed by atoms with Crippen LogP contribution in [-0.2, 0) is 16.4 Å². The molecule has 0 saturated carbocycles. The minimum Gasteiger partial charge on any atom is -0.494 e. The summed E-state index contributed by atoms with van der Waals surface area (Å²) < 4.78 is 30.1. The monoisotopic (exact) mass is 484 g/mol. The zero-order chi connectivity index (χ0) is 23.4. The van der Waals surface area contributed by atoms with Gasteiger partial charge in [-0.05, 0) is 43.0 Å². The molecule has 4 rings (SSSR count). The van der Waals surface area contributed by atoms with Crippen molar-refractivity contribution in [3.05, 3.63) is 70.9 Å². The van der Waals surface area contributed by atoms with Crippen LogP contribution in [0.25, 0.3) is 10.4 Å². The van der Waals surface area contributed by atoms with Crippen LogP contribution in [0.4, 0.5) is 0 Å². The first-order valence-corrected chi connectivity index (χ1v) is 13.8. The molecule has 2 heterocycles. The molecule has 1 unspecified atom stereocenters. The quantitative estimate of drug-likeness (QED) is 0.462. The first-order chi connectivity index (χ1) is 15.9.